The van der Waals surface area contributed by atoms with Crippen LogP contribution in [0.2, 0.25) is 0 Å². The van der Waals surface area contributed by atoms with Gasteiger partial charge in [-0.25, -0.2) is 0 Å². The summed E-state index contributed by atoms with van der Waals surface area (Å²) in [6, 6.07) is 12.2. The Kier molecular flexibility index (Phi) is 7.01. The van der Waals surface area contributed by atoms with Crippen molar-refractivity contribution in [2.24, 2.45) is 0 Å². The number of nitrogens with one attached hydrogen (secondary N) is 1. The zero-order chi connectivity index (χ0) is 26.8. The third-order valence-corrected chi connectivity index (χ3v) is 7.80. The van der Waals surface area contributed by atoms with Gasteiger partial charge in [-0.15, -0.1) is 21.5 Å². The maximum absolute atomic E-state index is 13.9. The van der Waals surface area contributed by atoms with Gasteiger partial charge in [-0.2, -0.15) is 4.80 Å². The lowest BCUT2D eigenvalue weighted by Gasteiger charge is -2.31. The van der Waals surface area contributed by atoms with Crippen molar-refractivity contribution in [3.05, 3.63) is 64.0 Å². The minimum Gasteiger partial charge on any atom is -0.458 e. The number of carbonyl (C=O) groups excluding carboxylic acids is 2. The van der Waals surface area contributed by atoms with Gasteiger partial charge in [0.2, 0.25) is 24.4 Å². The average molecular weight is 549 g/mol. The number of carbonyl (C=O) groups is 2. The number of benzene rings is 1. The van der Waals surface area contributed by atoms with Crippen molar-refractivity contribution in [2.75, 3.05) is 6.79 Å². The van der Waals surface area contributed by atoms with Gasteiger partial charge in [-0.1, -0.05) is 25.0 Å². The molecule has 12 heteroatoms. The highest BCUT2D eigenvalue weighted by molar-refractivity contribution is 7.10. The summed E-state index contributed by atoms with van der Waals surface area (Å²) in [5, 5.41) is 17.5. The highest BCUT2D eigenvalue weighted by atomic mass is 32.1. The Hall–Kier alpha value is -4.19. The Morgan fingerprint density at radius 1 is 1.15 bits per heavy atom. The smallest absolute Gasteiger partial charge is 0.248 e. The molecule has 1 saturated carbocycles. The molecule has 0 spiro atoms. The van der Waals surface area contributed by atoms with Crippen molar-refractivity contribution in [2.45, 2.75) is 57.8 Å². The third-order valence-electron chi connectivity index (χ3n) is 6.87. The summed E-state index contributed by atoms with van der Waals surface area (Å²) in [4.78, 5) is 31.3. The Labute approximate surface area is 228 Å². The summed E-state index contributed by atoms with van der Waals surface area (Å²) < 4.78 is 16.6. The molecule has 1 aliphatic carbocycles. The maximum Gasteiger partial charge on any atom is 0.248 e. The molecule has 3 aromatic heterocycles. The molecule has 6 rings (SSSR count). The van der Waals surface area contributed by atoms with Crippen molar-refractivity contribution in [3.8, 4) is 23.1 Å². The van der Waals surface area contributed by atoms with Gasteiger partial charge < -0.3 is 24.1 Å². The Bertz CT molecular complexity index is 1460. The van der Waals surface area contributed by atoms with E-state index in [2.05, 4.69) is 20.7 Å². The normalized spacial score (nSPS) is 15.4. The van der Waals surface area contributed by atoms with Crippen LogP contribution >= 0.6 is 11.3 Å². The lowest BCUT2D eigenvalue weighted by molar-refractivity contribution is -0.142. The summed E-state index contributed by atoms with van der Waals surface area (Å²) in [5.41, 5.74) is 0.807. The highest BCUT2D eigenvalue weighted by Gasteiger charge is 2.34. The molecule has 0 unspecified atom stereocenters. The number of aryl methyl sites for hydroxylation is 1. The Morgan fingerprint density at radius 3 is 2.77 bits per heavy atom. The number of furan rings is 1. The molecule has 1 aliphatic heterocycles. The summed E-state index contributed by atoms with van der Waals surface area (Å²) in [6.07, 6.45) is 4.06. The summed E-state index contributed by atoms with van der Waals surface area (Å²) >= 11 is 1.44. The maximum atomic E-state index is 13.9. The topological polar surface area (TPSA) is 125 Å². The second-order valence-corrected chi connectivity index (χ2v) is 10.7. The molecule has 1 N–H and O–H groups in total. The van der Waals surface area contributed by atoms with E-state index >= 15 is 0 Å². The number of rotatable bonds is 9. The lowest BCUT2D eigenvalue weighted by Crippen LogP contribution is -2.46. The van der Waals surface area contributed by atoms with E-state index in [1.54, 1.807) is 11.0 Å². The first-order valence-corrected chi connectivity index (χ1v) is 13.8. The minimum absolute atomic E-state index is 0.110. The third kappa shape index (κ3) is 5.51. The first kappa shape index (κ1) is 25.1. The second kappa shape index (κ2) is 10.9. The van der Waals surface area contributed by atoms with Gasteiger partial charge in [0.05, 0.1) is 0 Å². The molecule has 1 atom stereocenters. The zero-order valence-electron chi connectivity index (χ0n) is 21.4. The molecule has 202 valence electrons. The van der Waals surface area contributed by atoms with Crippen molar-refractivity contribution >= 4 is 23.2 Å². The number of aromatic nitrogens is 4. The SMILES string of the molecule is Cc1ccc(-c2nnn(CC(=O)N(Cc3ccc4c(c3)OCO4)[C@@H](C(=O)NC3CCCC3)c3cccs3)n2)o1. The van der Waals surface area contributed by atoms with Gasteiger partial charge in [0.15, 0.2) is 17.3 Å². The molecule has 4 aromatic rings. The van der Waals surface area contributed by atoms with Crippen LogP contribution in [0, 0.1) is 6.92 Å². The van der Waals surface area contributed by atoms with E-state index in [9.17, 15) is 9.59 Å². The first-order valence-electron chi connectivity index (χ1n) is 12.9. The van der Waals surface area contributed by atoms with Gasteiger partial charge in [-0.05, 0) is 66.3 Å². The quantitative estimate of drug-likeness (QED) is 0.334. The van der Waals surface area contributed by atoms with Crippen molar-refractivity contribution in [1.29, 1.82) is 0 Å². The highest BCUT2D eigenvalue weighted by Crippen LogP contribution is 2.34. The molecule has 1 aromatic carbocycles. The number of hydrogen-bond acceptors (Lipinski definition) is 9. The number of ether oxygens (including phenoxy) is 2. The van der Waals surface area contributed by atoms with E-state index in [-0.39, 0.29) is 43.6 Å². The molecule has 39 heavy (non-hydrogen) atoms. The standard InChI is InChI=1S/C27H28N6O5S/c1-17-8-10-21(38-17)26-29-31-33(30-26)15-24(34)32(14-18-9-11-20-22(13-18)37-16-36-20)25(23-7-4-12-39-23)27(35)28-19-5-2-3-6-19/h4,7-13,19,25H,2-3,5-6,14-16H2,1H3,(H,28,35)/t25-/m1/s1. The summed E-state index contributed by atoms with van der Waals surface area (Å²) in [5.74, 6) is 2.21. The van der Waals surface area contributed by atoms with Crippen LogP contribution in [0.25, 0.3) is 11.6 Å². The first-order chi connectivity index (χ1) is 19.0. The minimum atomic E-state index is -0.820. The van der Waals surface area contributed by atoms with Gasteiger partial charge >= 0.3 is 0 Å². The molecule has 0 radical (unpaired) electrons. The number of hydrogen-bond donors (Lipinski definition) is 1. The number of thiophene rings is 1. The number of amides is 2. The van der Waals surface area contributed by atoms with Crippen molar-refractivity contribution in [1.82, 2.24) is 30.4 Å². The van der Waals surface area contributed by atoms with E-state index in [1.165, 1.54) is 16.1 Å². The van der Waals surface area contributed by atoms with Gasteiger partial charge in [-0.3, -0.25) is 9.59 Å². The van der Waals surface area contributed by atoms with E-state index in [4.69, 9.17) is 13.9 Å². The molecule has 11 nitrogen and oxygen atoms in total. The Balaban J connectivity index is 1.30. The zero-order valence-corrected chi connectivity index (χ0v) is 22.2. The molecule has 2 amide bonds. The predicted molar refractivity (Wildman–Crippen MR) is 141 cm³/mol. The predicted octanol–water partition coefficient (Wildman–Crippen LogP) is 3.86. The Morgan fingerprint density at radius 2 is 2.00 bits per heavy atom. The summed E-state index contributed by atoms with van der Waals surface area (Å²) in [7, 11) is 0. The summed E-state index contributed by atoms with van der Waals surface area (Å²) in [6.45, 7) is 1.95. The average Bonchev–Trinajstić information content (AvgIpc) is 3.75. The van der Waals surface area contributed by atoms with E-state index in [0.717, 1.165) is 41.9 Å². The van der Waals surface area contributed by atoms with Gasteiger partial charge in [0.1, 0.15) is 18.3 Å². The van der Waals surface area contributed by atoms with E-state index < -0.39 is 6.04 Å². The van der Waals surface area contributed by atoms with Crippen molar-refractivity contribution in [3.63, 3.8) is 0 Å². The fourth-order valence-electron chi connectivity index (χ4n) is 4.96. The molecule has 0 bridgehead atoms. The lowest BCUT2D eigenvalue weighted by atomic mass is 10.1. The molecule has 2 aliphatic rings. The molecular weight excluding hydrogens is 520 g/mol. The van der Waals surface area contributed by atoms with Crippen molar-refractivity contribution < 1.29 is 23.5 Å². The molecule has 4 heterocycles. The van der Waals surface area contributed by atoms with Crippen LogP contribution in [0.15, 0.2) is 52.3 Å². The number of tetrazole rings is 1. The van der Waals surface area contributed by atoms with Crippen LogP contribution in [0.4, 0.5) is 0 Å². The van der Waals surface area contributed by atoms with Crippen LogP contribution in [0.1, 0.15) is 47.9 Å². The molecule has 0 saturated heterocycles. The van der Waals surface area contributed by atoms with Crippen LogP contribution in [-0.2, 0) is 22.7 Å². The fourth-order valence-corrected chi connectivity index (χ4v) is 5.79. The van der Waals surface area contributed by atoms with Gasteiger partial charge in [0.25, 0.3) is 0 Å². The van der Waals surface area contributed by atoms with Crippen LogP contribution < -0.4 is 14.8 Å². The van der Waals surface area contributed by atoms with Crippen LogP contribution in [0.3, 0.4) is 0 Å². The second-order valence-electron chi connectivity index (χ2n) is 9.67. The largest absolute Gasteiger partial charge is 0.458 e. The monoisotopic (exact) mass is 548 g/mol. The number of fused-ring (bicyclic) bond motifs is 1. The fraction of sp³-hybridized carbons (Fsp3) is 0.370. The van der Waals surface area contributed by atoms with Gasteiger partial charge in [0, 0.05) is 17.5 Å². The van der Waals surface area contributed by atoms with Crippen LogP contribution in [0.5, 0.6) is 11.5 Å². The molecular formula is C27H28N6O5S. The number of nitrogens with zero attached hydrogens (tertiary/aromatic N) is 5. The van der Waals surface area contributed by atoms with E-state index in [1.807, 2.05) is 48.7 Å². The van der Waals surface area contributed by atoms with E-state index in [0.29, 0.717) is 17.3 Å². The van der Waals surface area contributed by atoms with Crippen LogP contribution in [-0.4, -0.2) is 49.8 Å². The molecule has 1 fully saturated rings.